The first-order chi connectivity index (χ1) is 16.7. The van der Waals surface area contributed by atoms with Crippen molar-refractivity contribution in [3.05, 3.63) is 71.3 Å². The molecule has 0 spiro atoms. The van der Waals surface area contributed by atoms with Gasteiger partial charge in [-0.25, -0.2) is 0 Å². The molecule has 3 heterocycles. The predicted octanol–water partition coefficient (Wildman–Crippen LogP) is 5.33. The van der Waals surface area contributed by atoms with E-state index in [4.69, 9.17) is 9.47 Å². The van der Waals surface area contributed by atoms with Crippen LogP contribution in [0.4, 0.5) is 0 Å². The summed E-state index contributed by atoms with van der Waals surface area (Å²) in [5.41, 5.74) is 3.31. The number of hydrogen-bond donors (Lipinski definition) is 0. The summed E-state index contributed by atoms with van der Waals surface area (Å²) < 4.78 is 11.0. The van der Waals surface area contributed by atoms with Crippen LogP contribution in [-0.2, 0) is 12.8 Å². The van der Waals surface area contributed by atoms with Crippen molar-refractivity contribution in [1.29, 1.82) is 0 Å². The largest absolute Gasteiger partial charge is 0.454 e. The third-order valence-electron chi connectivity index (χ3n) is 7.68. The summed E-state index contributed by atoms with van der Waals surface area (Å²) in [6, 6.07) is 19.2. The Hall–Kier alpha value is -2.76. The summed E-state index contributed by atoms with van der Waals surface area (Å²) in [4.78, 5) is 18.0. The lowest BCUT2D eigenvalue weighted by molar-refractivity contribution is 0.0695. The van der Waals surface area contributed by atoms with Gasteiger partial charge in [0.1, 0.15) is 0 Å². The average Bonchev–Trinajstić information content (AvgIpc) is 3.21. The molecule has 3 aromatic rings. The fourth-order valence-corrected chi connectivity index (χ4v) is 5.86. The van der Waals surface area contributed by atoms with Crippen LogP contribution in [0.25, 0.3) is 10.8 Å². The molecule has 6 heteroatoms. The van der Waals surface area contributed by atoms with Gasteiger partial charge in [-0.3, -0.25) is 4.79 Å². The van der Waals surface area contributed by atoms with Gasteiger partial charge in [-0.05, 0) is 72.2 Å². The Bertz CT molecular complexity index is 1210. The zero-order valence-electron chi connectivity index (χ0n) is 20.1. The monoisotopic (exact) mass is 492 g/mol. The van der Waals surface area contributed by atoms with Crippen molar-refractivity contribution < 1.29 is 14.3 Å². The number of carbonyl (C=O) groups excluding carboxylic acids is 1. The first kappa shape index (κ1) is 24.0. The molecule has 35 heavy (non-hydrogen) atoms. The van der Waals surface area contributed by atoms with Crippen LogP contribution in [0.15, 0.2) is 54.6 Å². The highest BCUT2D eigenvalue weighted by Gasteiger charge is 2.30. The smallest absolute Gasteiger partial charge is 0.254 e. The van der Waals surface area contributed by atoms with Gasteiger partial charge in [0.2, 0.25) is 6.79 Å². The molecule has 0 aromatic heterocycles. The topological polar surface area (TPSA) is 42.0 Å². The number of halogens is 1. The van der Waals surface area contributed by atoms with Crippen molar-refractivity contribution >= 4 is 29.1 Å². The fraction of sp³-hybridized carbons (Fsp3) is 0.414. The zero-order chi connectivity index (χ0) is 22.9. The Morgan fingerprint density at radius 2 is 1.77 bits per heavy atom. The highest BCUT2D eigenvalue weighted by atomic mass is 35.5. The van der Waals surface area contributed by atoms with Gasteiger partial charge in [0, 0.05) is 31.7 Å². The molecule has 3 aromatic carbocycles. The minimum absolute atomic E-state index is 0. The van der Waals surface area contributed by atoms with Gasteiger partial charge in [0.05, 0.1) is 0 Å². The van der Waals surface area contributed by atoms with Crippen LogP contribution >= 0.6 is 12.4 Å². The number of hydrogen-bond acceptors (Lipinski definition) is 4. The molecule has 3 aliphatic rings. The van der Waals surface area contributed by atoms with Gasteiger partial charge in [0.15, 0.2) is 11.5 Å². The Kier molecular flexibility index (Phi) is 7.17. The molecular weight excluding hydrogens is 460 g/mol. The predicted molar refractivity (Wildman–Crippen MR) is 141 cm³/mol. The highest BCUT2D eigenvalue weighted by Crippen LogP contribution is 2.37. The minimum atomic E-state index is 0. The van der Waals surface area contributed by atoms with E-state index in [1.165, 1.54) is 35.6 Å². The number of rotatable bonds is 5. The van der Waals surface area contributed by atoms with Crippen molar-refractivity contribution in [3.63, 3.8) is 0 Å². The number of nitrogens with zero attached hydrogens (tertiary/aromatic N) is 2. The van der Waals surface area contributed by atoms with E-state index in [-0.39, 0.29) is 25.1 Å². The summed E-state index contributed by atoms with van der Waals surface area (Å²) in [6.45, 7) is 5.18. The summed E-state index contributed by atoms with van der Waals surface area (Å²) in [5, 5.41) is 2.69. The molecule has 5 nitrogen and oxygen atoms in total. The van der Waals surface area contributed by atoms with E-state index in [2.05, 4.69) is 52.3 Å². The average molecular weight is 493 g/mol. The third-order valence-corrected chi connectivity index (χ3v) is 7.68. The molecule has 184 valence electrons. The van der Waals surface area contributed by atoms with E-state index in [1.807, 2.05) is 12.1 Å². The number of fused-ring (bicyclic) bond motifs is 3. The van der Waals surface area contributed by atoms with Crippen LogP contribution < -0.4 is 9.47 Å². The van der Waals surface area contributed by atoms with Crippen LogP contribution in [-0.4, -0.2) is 55.2 Å². The first-order valence-corrected chi connectivity index (χ1v) is 12.7. The molecule has 1 unspecified atom stereocenters. The maximum absolute atomic E-state index is 13.3. The Balaban J connectivity index is 0.00000253. The number of amides is 1. The number of benzene rings is 3. The second-order valence-corrected chi connectivity index (χ2v) is 9.91. The van der Waals surface area contributed by atoms with E-state index in [0.29, 0.717) is 11.7 Å². The molecule has 1 fully saturated rings. The van der Waals surface area contributed by atoms with Crippen LogP contribution in [0.1, 0.15) is 40.7 Å². The van der Waals surface area contributed by atoms with Gasteiger partial charge < -0.3 is 19.3 Å². The van der Waals surface area contributed by atoms with E-state index in [0.717, 1.165) is 62.4 Å². The van der Waals surface area contributed by atoms with Crippen LogP contribution in [0.2, 0.25) is 0 Å². The highest BCUT2D eigenvalue weighted by molar-refractivity contribution is 5.97. The van der Waals surface area contributed by atoms with Gasteiger partial charge in [-0.15, -0.1) is 12.4 Å². The van der Waals surface area contributed by atoms with Gasteiger partial charge in [-0.2, -0.15) is 0 Å². The standard InChI is InChI=1S/C29H32N2O3.ClH/c32-29-26-17-28-27(33-20-34-28)16-24(26)12-15-31(29)19-21-6-3-4-13-30(18-21)14-11-23-9-5-8-22-7-1-2-10-25(22)23;/h1-2,5,7-10,16-17,21H,3-4,6,11-15,18-20H2;1H. The normalized spacial score (nSPS) is 19.8. The lowest BCUT2D eigenvalue weighted by atomic mass is 9.95. The quantitative estimate of drug-likeness (QED) is 0.482. The van der Waals surface area contributed by atoms with Gasteiger partial charge >= 0.3 is 0 Å². The summed E-state index contributed by atoms with van der Waals surface area (Å²) in [7, 11) is 0. The molecule has 0 N–H and O–H groups in total. The first-order valence-electron chi connectivity index (χ1n) is 12.7. The van der Waals surface area contributed by atoms with Crippen LogP contribution in [0.3, 0.4) is 0 Å². The maximum atomic E-state index is 13.3. The van der Waals surface area contributed by atoms with Gasteiger partial charge in [-0.1, -0.05) is 48.9 Å². The maximum Gasteiger partial charge on any atom is 0.254 e. The van der Waals surface area contributed by atoms with E-state index in [9.17, 15) is 4.79 Å². The second-order valence-electron chi connectivity index (χ2n) is 9.91. The van der Waals surface area contributed by atoms with Gasteiger partial charge in [0.25, 0.3) is 5.91 Å². The lowest BCUT2D eigenvalue weighted by Gasteiger charge is -2.33. The van der Waals surface area contributed by atoms with Crippen LogP contribution in [0.5, 0.6) is 11.5 Å². The van der Waals surface area contributed by atoms with E-state index in [1.54, 1.807) is 0 Å². The molecule has 6 rings (SSSR count). The second kappa shape index (κ2) is 10.5. The summed E-state index contributed by atoms with van der Waals surface area (Å²) in [5.74, 6) is 2.13. The zero-order valence-corrected chi connectivity index (χ0v) is 20.9. The number of carbonyl (C=O) groups is 1. The minimum Gasteiger partial charge on any atom is -0.454 e. The third kappa shape index (κ3) is 4.98. The van der Waals surface area contributed by atoms with Crippen LogP contribution in [0, 0.1) is 5.92 Å². The molecule has 3 aliphatic heterocycles. The molecule has 0 saturated carbocycles. The Morgan fingerprint density at radius 1 is 0.943 bits per heavy atom. The molecule has 1 saturated heterocycles. The molecule has 1 atom stereocenters. The van der Waals surface area contributed by atoms with E-state index >= 15 is 0 Å². The van der Waals surface area contributed by atoms with Crippen molar-refractivity contribution in [2.24, 2.45) is 5.92 Å². The molecule has 0 aliphatic carbocycles. The number of likely N-dealkylation sites (tertiary alicyclic amines) is 1. The fourth-order valence-electron chi connectivity index (χ4n) is 5.86. The SMILES string of the molecule is Cl.O=C1c2cc3c(cc2CCN1CC1CCCCN(CCc2cccc4ccccc24)C1)OCO3. The molecule has 0 radical (unpaired) electrons. The van der Waals surface area contributed by atoms with Crippen molar-refractivity contribution in [2.45, 2.75) is 32.1 Å². The lowest BCUT2D eigenvalue weighted by Crippen LogP contribution is -2.43. The Morgan fingerprint density at radius 3 is 2.69 bits per heavy atom. The summed E-state index contributed by atoms with van der Waals surface area (Å²) in [6.07, 6.45) is 5.63. The van der Waals surface area contributed by atoms with E-state index < -0.39 is 0 Å². The van der Waals surface area contributed by atoms with Crippen molar-refractivity contribution in [3.8, 4) is 11.5 Å². The molecule has 1 amide bonds. The van der Waals surface area contributed by atoms with Crippen molar-refractivity contribution in [1.82, 2.24) is 9.80 Å². The molecule has 0 bridgehead atoms. The molecular formula is C29H33ClN2O3. The number of ether oxygens (including phenoxy) is 2. The summed E-state index contributed by atoms with van der Waals surface area (Å²) >= 11 is 0. The van der Waals surface area contributed by atoms with Crippen molar-refractivity contribution in [2.75, 3.05) is 39.5 Å². The Labute approximate surface area is 213 Å².